The van der Waals surface area contributed by atoms with Crippen molar-refractivity contribution in [2.75, 3.05) is 18.9 Å². The minimum absolute atomic E-state index is 0.378. The standard InChI is InChI=1S/C21H28N2O4/c1-14(2)11-12-27-18-9-5-16(6-10-18)21(26)23-19(13-24)20(25)15-3-7-17(22)8-4-15/h3-10,14,19-20,24-25H,11-13,22H2,1-2H3,(H,23,26). The Morgan fingerprint density at radius 3 is 2.30 bits per heavy atom. The van der Waals surface area contributed by atoms with Crippen LogP contribution in [0.5, 0.6) is 5.75 Å². The zero-order chi connectivity index (χ0) is 19.8. The molecule has 2 aromatic rings. The fourth-order valence-corrected chi connectivity index (χ4v) is 2.52. The van der Waals surface area contributed by atoms with Crippen molar-refractivity contribution in [1.82, 2.24) is 5.32 Å². The van der Waals surface area contributed by atoms with Crippen molar-refractivity contribution in [2.24, 2.45) is 5.92 Å². The van der Waals surface area contributed by atoms with Crippen LogP contribution in [0.3, 0.4) is 0 Å². The number of rotatable bonds is 9. The Hall–Kier alpha value is -2.57. The summed E-state index contributed by atoms with van der Waals surface area (Å²) < 4.78 is 5.64. The van der Waals surface area contributed by atoms with Crippen molar-refractivity contribution in [3.05, 3.63) is 59.7 Å². The molecule has 2 aromatic carbocycles. The molecule has 0 aromatic heterocycles. The molecule has 6 heteroatoms. The molecule has 2 unspecified atom stereocenters. The van der Waals surface area contributed by atoms with Crippen molar-refractivity contribution in [1.29, 1.82) is 0 Å². The van der Waals surface area contributed by atoms with Crippen LogP contribution in [0.15, 0.2) is 48.5 Å². The first-order valence-corrected chi connectivity index (χ1v) is 9.08. The summed E-state index contributed by atoms with van der Waals surface area (Å²) in [6.07, 6.45) is -0.0816. The highest BCUT2D eigenvalue weighted by molar-refractivity contribution is 5.94. The third-order valence-corrected chi connectivity index (χ3v) is 4.25. The van der Waals surface area contributed by atoms with Crippen LogP contribution in [0, 0.1) is 5.92 Å². The van der Waals surface area contributed by atoms with Crippen LogP contribution >= 0.6 is 0 Å². The number of nitrogens with two attached hydrogens (primary N) is 1. The predicted molar refractivity (Wildman–Crippen MR) is 106 cm³/mol. The maximum atomic E-state index is 12.4. The van der Waals surface area contributed by atoms with Gasteiger partial charge < -0.3 is 26.0 Å². The van der Waals surface area contributed by atoms with Gasteiger partial charge in [-0.15, -0.1) is 0 Å². The largest absolute Gasteiger partial charge is 0.494 e. The van der Waals surface area contributed by atoms with Gasteiger partial charge in [-0.2, -0.15) is 0 Å². The summed E-state index contributed by atoms with van der Waals surface area (Å²) in [6.45, 7) is 4.50. The second-order valence-corrected chi connectivity index (χ2v) is 6.93. The Morgan fingerprint density at radius 1 is 1.11 bits per heavy atom. The number of nitrogen functional groups attached to an aromatic ring is 1. The first-order valence-electron chi connectivity index (χ1n) is 9.08. The Morgan fingerprint density at radius 2 is 1.74 bits per heavy atom. The number of carbonyl (C=O) groups is 1. The number of aliphatic hydroxyl groups excluding tert-OH is 2. The number of amides is 1. The molecule has 0 saturated carbocycles. The van der Waals surface area contributed by atoms with E-state index < -0.39 is 18.8 Å². The molecule has 0 radical (unpaired) electrons. The maximum Gasteiger partial charge on any atom is 0.251 e. The van der Waals surface area contributed by atoms with Gasteiger partial charge in [0.15, 0.2) is 0 Å². The molecule has 0 aliphatic heterocycles. The van der Waals surface area contributed by atoms with Gasteiger partial charge in [-0.05, 0) is 54.3 Å². The Bertz CT molecular complexity index is 714. The molecule has 0 spiro atoms. The van der Waals surface area contributed by atoms with E-state index in [4.69, 9.17) is 10.5 Å². The molecule has 0 bridgehead atoms. The first kappa shape index (κ1) is 20.7. The van der Waals surface area contributed by atoms with E-state index in [0.717, 1.165) is 6.42 Å². The number of benzene rings is 2. The van der Waals surface area contributed by atoms with E-state index in [-0.39, 0.29) is 5.91 Å². The van der Waals surface area contributed by atoms with Gasteiger partial charge in [0.1, 0.15) is 11.9 Å². The normalized spacial score (nSPS) is 13.2. The van der Waals surface area contributed by atoms with E-state index in [1.165, 1.54) is 0 Å². The summed E-state index contributed by atoms with van der Waals surface area (Å²) in [5, 5.41) is 22.7. The number of ether oxygens (including phenoxy) is 1. The van der Waals surface area contributed by atoms with Crippen LogP contribution < -0.4 is 15.8 Å². The summed E-state index contributed by atoms with van der Waals surface area (Å²) >= 11 is 0. The van der Waals surface area contributed by atoms with E-state index in [1.54, 1.807) is 48.5 Å². The molecule has 2 atom stereocenters. The van der Waals surface area contributed by atoms with Crippen LogP contribution in [-0.4, -0.2) is 35.4 Å². The molecule has 27 heavy (non-hydrogen) atoms. The molecule has 0 aliphatic rings. The fourth-order valence-electron chi connectivity index (χ4n) is 2.52. The molecule has 1 amide bonds. The SMILES string of the molecule is CC(C)CCOc1ccc(C(=O)NC(CO)C(O)c2ccc(N)cc2)cc1. The molecular formula is C21H28N2O4. The van der Waals surface area contributed by atoms with Crippen LogP contribution in [0.4, 0.5) is 5.69 Å². The molecule has 0 aliphatic carbocycles. The van der Waals surface area contributed by atoms with Gasteiger partial charge in [0.05, 0.1) is 19.3 Å². The van der Waals surface area contributed by atoms with Gasteiger partial charge in [0.25, 0.3) is 5.91 Å². The van der Waals surface area contributed by atoms with E-state index in [0.29, 0.717) is 35.1 Å². The molecule has 0 heterocycles. The number of nitrogens with one attached hydrogen (secondary N) is 1. The summed E-state index contributed by atoms with van der Waals surface area (Å²) in [6, 6.07) is 12.6. The molecule has 0 fully saturated rings. The lowest BCUT2D eigenvalue weighted by atomic mass is 10.0. The number of hydrogen-bond acceptors (Lipinski definition) is 5. The van der Waals surface area contributed by atoms with Crippen molar-refractivity contribution >= 4 is 11.6 Å². The molecule has 0 saturated heterocycles. The highest BCUT2D eigenvalue weighted by Gasteiger charge is 2.22. The molecule has 5 N–H and O–H groups in total. The predicted octanol–water partition coefficient (Wildman–Crippen LogP) is 2.52. The summed E-state index contributed by atoms with van der Waals surface area (Å²) in [4.78, 5) is 12.4. The third kappa shape index (κ3) is 6.27. The van der Waals surface area contributed by atoms with E-state index in [1.807, 2.05) is 0 Å². The monoisotopic (exact) mass is 372 g/mol. The number of aliphatic hydroxyl groups is 2. The van der Waals surface area contributed by atoms with Crippen molar-refractivity contribution in [3.63, 3.8) is 0 Å². The van der Waals surface area contributed by atoms with Gasteiger partial charge in [0.2, 0.25) is 0 Å². The minimum Gasteiger partial charge on any atom is -0.494 e. The average Bonchev–Trinajstić information content (AvgIpc) is 2.66. The van der Waals surface area contributed by atoms with E-state index in [9.17, 15) is 15.0 Å². The van der Waals surface area contributed by atoms with Gasteiger partial charge >= 0.3 is 0 Å². The first-order chi connectivity index (χ1) is 12.9. The second kappa shape index (κ2) is 9.94. The van der Waals surface area contributed by atoms with Crippen LogP contribution in [0.1, 0.15) is 42.3 Å². The third-order valence-electron chi connectivity index (χ3n) is 4.25. The average molecular weight is 372 g/mol. The highest BCUT2D eigenvalue weighted by Crippen LogP contribution is 2.19. The van der Waals surface area contributed by atoms with Crippen LogP contribution in [-0.2, 0) is 0 Å². The zero-order valence-electron chi connectivity index (χ0n) is 15.8. The lowest BCUT2D eigenvalue weighted by Gasteiger charge is -2.22. The topological polar surface area (TPSA) is 105 Å². The quantitative estimate of drug-likeness (QED) is 0.506. The molecule has 6 nitrogen and oxygen atoms in total. The summed E-state index contributed by atoms with van der Waals surface area (Å²) in [5.41, 5.74) is 7.21. The summed E-state index contributed by atoms with van der Waals surface area (Å²) in [7, 11) is 0. The van der Waals surface area contributed by atoms with Crippen molar-refractivity contribution in [2.45, 2.75) is 32.4 Å². The smallest absolute Gasteiger partial charge is 0.251 e. The zero-order valence-corrected chi connectivity index (χ0v) is 15.8. The van der Waals surface area contributed by atoms with Gasteiger partial charge in [-0.25, -0.2) is 0 Å². The number of carbonyl (C=O) groups excluding carboxylic acids is 1. The van der Waals surface area contributed by atoms with Crippen LogP contribution in [0.2, 0.25) is 0 Å². The number of anilines is 1. The minimum atomic E-state index is -1.04. The van der Waals surface area contributed by atoms with E-state index >= 15 is 0 Å². The lowest BCUT2D eigenvalue weighted by molar-refractivity contribution is 0.0703. The molecule has 146 valence electrons. The van der Waals surface area contributed by atoms with Crippen molar-refractivity contribution in [3.8, 4) is 5.75 Å². The Balaban J connectivity index is 1.96. The Kier molecular flexibility index (Phi) is 7.64. The number of hydrogen-bond donors (Lipinski definition) is 4. The highest BCUT2D eigenvalue weighted by atomic mass is 16.5. The Labute approximate surface area is 160 Å². The van der Waals surface area contributed by atoms with E-state index in [2.05, 4.69) is 19.2 Å². The maximum absolute atomic E-state index is 12.4. The molecule has 2 rings (SSSR count). The van der Waals surface area contributed by atoms with Gasteiger partial charge in [-0.3, -0.25) is 4.79 Å². The van der Waals surface area contributed by atoms with Gasteiger partial charge in [0, 0.05) is 11.3 Å². The summed E-state index contributed by atoms with van der Waals surface area (Å²) in [5.74, 6) is 0.892. The second-order valence-electron chi connectivity index (χ2n) is 6.93. The van der Waals surface area contributed by atoms with Crippen LogP contribution in [0.25, 0.3) is 0 Å². The van der Waals surface area contributed by atoms with Crippen molar-refractivity contribution < 1.29 is 19.7 Å². The fraction of sp³-hybridized carbons (Fsp3) is 0.381. The van der Waals surface area contributed by atoms with Gasteiger partial charge in [-0.1, -0.05) is 26.0 Å². The lowest BCUT2D eigenvalue weighted by Crippen LogP contribution is -2.41. The molecular weight excluding hydrogens is 344 g/mol.